The van der Waals surface area contributed by atoms with Gasteiger partial charge in [-0.1, -0.05) is 19.9 Å². The molecule has 0 unspecified atom stereocenters. The van der Waals surface area contributed by atoms with Crippen molar-refractivity contribution in [3.05, 3.63) is 41.6 Å². The Hall–Kier alpha value is -1.41. The van der Waals surface area contributed by atoms with Crippen LogP contribution in [0.2, 0.25) is 0 Å². The van der Waals surface area contributed by atoms with Crippen LogP contribution in [0.3, 0.4) is 0 Å². The predicted octanol–water partition coefficient (Wildman–Crippen LogP) is 2.85. The van der Waals surface area contributed by atoms with Crippen molar-refractivity contribution >= 4 is 10.9 Å². The Morgan fingerprint density at radius 3 is 2.73 bits per heavy atom. The maximum Gasteiger partial charge on any atom is 0.0705 e. The van der Waals surface area contributed by atoms with Crippen molar-refractivity contribution in [1.82, 2.24) is 4.98 Å². The monoisotopic (exact) mass is 201 g/mol. The van der Waals surface area contributed by atoms with Gasteiger partial charge in [0, 0.05) is 11.6 Å². The lowest BCUT2D eigenvalue weighted by atomic mass is 9.98. The van der Waals surface area contributed by atoms with Gasteiger partial charge in [0.2, 0.25) is 0 Å². The number of hydrogen-bond acceptors (Lipinski definition) is 2. The van der Waals surface area contributed by atoms with Crippen molar-refractivity contribution in [2.75, 3.05) is 0 Å². The third-order valence-corrected chi connectivity index (χ3v) is 2.64. The van der Waals surface area contributed by atoms with Crippen LogP contribution in [0, 0.1) is 0 Å². The molecular formula is C13H15NO. The molecule has 2 nitrogen and oxygen atoms in total. The second-order valence-electron chi connectivity index (χ2n) is 4.06. The molecule has 0 amide bonds. The van der Waals surface area contributed by atoms with Crippen LogP contribution >= 0.6 is 0 Å². The number of aliphatic hydroxyl groups excluding tert-OH is 1. The molecule has 1 N–H and O–H groups in total. The summed E-state index contributed by atoms with van der Waals surface area (Å²) in [5, 5.41) is 10.3. The van der Waals surface area contributed by atoms with Gasteiger partial charge >= 0.3 is 0 Å². The Morgan fingerprint density at radius 2 is 2.07 bits per heavy atom. The molecule has 0 saturated carbocycles. The van der Waals surface area contributed by atoms with Crippen molar-refractivity contribution in [3.8, 4) is 0 Å². The zero-order valence-corrected chi connectivity index (χ0v) is 9.07. The molecule has 2 heteroatoms. The fourth-order valence-corrected chi connectivity index (χ4v) is 1.82. The largest absolute Gasteiger partial charge is 0.392 e. The molecule has 0 spiro atoms. The van der Waals surface area contributed by atoms with Gasteiger partial charge in [-0.15, -0.1) is 0 Å². The molecule has 0 saturated heterocycles. The van der Waals surface area contributed by atoms with E-state index in [2.05, 4.69) is 18.8 Å². The third-order valence-electron chi connectivity index (χ3n) is 2.64. The molecule has 2 aromatic rings. The van der Waals surface area contributed by atoms with E-state index in [1.54, 1.807) is 0 Å². The summed E-state index contributed by atoms with van der Waals surface area (Å²) in [5.41, 5.74) is 3.23. The zero-order chi connectivity index (χ0) is 10.8. The van der Waals surface area contributed by atoms with Crippen molar-refractivity contribution in [1.29, 1.82) is 0 Å². The van der Waals surface area contributed by atoms with Crippen molar-refractivity contribution in [2.45, 2.75) is 26.4 Å². The Bertz CT molecular complexity index is 477. The van der Waals surface area contributed by atoms with Crippen LogP contribution in [0.4, 0.5) is 0 Å². The molecular weight excluding hydrogens is 186 g/mol. The number of pyridine rings is 1. The number of aromatic nitrogens is 1. The number of fused-ring (bicyclic) bond motifs is 1. The summed E-state index contributed by atoms with van der Waals surface area (Å²) in [4.78, 5) is 4.32. The average molecular weight is 201 g/mol. The second-order valence-corrected chi connectivity index (χ2v) is 4.06. The lowest BCUT2D eigenvalue weighted by Crippen LogP contribution is -1.92. The van der Waals surface area contributed by atoms with Crippen LogP contribution in [0.15, 0.2) is 30.5 Å². The molecule has 0 fully saturated rings. The Balaban J connectivity index is 2.70. The lowest BCUT2D eigenvalue weighted by Gasteiger charge is -2.09. The number of nitrogens with zero attached hydrogens (tertiary/aromatic N) is 1. The summed E-state index contributed by atoms with van der Waals surface area (Å²) in [6.07, 6.45) is 1.84. The zero-order valence-electron chi connectivity index (χ0n) is 9.07. The van der Waals surface area contributed by atoms with Crippen LogP contribution in [0.25, 0.3) is 10.9 Å². The highest BCUT2D eigenvalue weighted by Gasteiger charge is 2.05. The summed E-state index contributed by atoms with van der Waals surface area (Å²) in [7, 11) is 0. The Kier molecular flexibility index (Phi) is 2.69. The lowest BCUT2D eigenvalue weighted by molar-refractivity contribution is 0.282. The van der Waals surface area contributed by atoms with Crippen LogP contribution in [0.5, 0.6) is 0 Å². The summed E-state index contributed by atoms with van der Waals surface area (Å²) < 4.78 is 0. The molecule has 78 valence electrons. The van der Waals surface area contributed by atoms with E-state index < -0.39 is 0 Å². The highest BCUT2D eigenvalue weighted by Crippen LogP contribution is 2.24. The first kappa shape index (κ1) is 10.1. The number of benzene rings is 1. The van der Waals surface area contributed by atoms with Gasteiger partial charge in [0.05, 0.1) is 12.1 Å². The fraction of sp³-hybridized carbons (Fsp3) is 0.308. The van der Waals surface area contributed by atoms with E-state index in [4.69, 9.17) is 5.11 Å². The third kappa shape index (κ3) is 1.85. The van der Waals surface area contributed by atoms with Gasteiger partial charge in [0.1, 0.15) is 0 Å². The molecule has 0 radical (unpaired) electrons. The SMILES string of the molecule is CC(C)c1ccnc2ccc(CO)cc12. The van der Waals surface area contributed by atoms with E-state index in [-0.39, 0.29) is 6.61 Å². The van der Waals surface area contributed by atoms with Crippen LogP contribution in [-0.4, -0.2) is 10.1 Å². The molecule has 0 bridgehead atoms. The maximum atomic E-state index is 9.11. The van der Waals surface area contributed by atoms with E-state index >= 15 is 0 Å². The van der Waals surface area contributed by atoms with Gasteiger partial charge < -0.3 is 5.11 Å². The van der Waals surface area contributed by atoms with E-state index in [1.807, 2.05) is 30.5 Å². The van der Waals surface area contributed by atoms with Crippen molar-refractivity contribution in [3.63, 3.8) is 0 Å². The van der Waals surface area contributed by atoms with Gasteiger partial charge in [0.15, 0.2) is 0 Å². The Labute approximate surface area is 89.6 Å². The van der Waals surface area contributed by atoms with Crippen molar-refractivity contribution < 1.29 is 5.11 Å². The van der Waals surface area contributed by atoms with Gasteiger partial charge in [-0.05, 0) is 35.2 Å². The van der Waals surface area contributed by atoms with Crippen LogP contribution in [-0.2, 0) is 6.61 Å². The number of aliphatic hydroxyl groups is 1. The molecule has 15 heavy (non-hydrogen) atoms. The summed E-state index contributed by atoms with van der Waals surface area (Å²) in [6.45, 7) is 4.42. The minimum atomic E-state index is 0.0857. The predicted molar refractivity (Wildman–Crippen MR) is 61.8 cm³/mol. The fourth-order valence-electron chi connectivity index (χ4n) is 1.82. The minimum Gasteiger partial charge on any atom is -0.392 e. The molecule has 0 aliphatic heterocycles. The first-order valence-corrected chi connectivity index (χ1v) is 5.21. The Morgan fingerprint density at radius 1 is 1.27 bits per heavy atom. The standard InChI is InChI=1S/C13H15NO/c1-9(2)11-5-6-14-13-4-3-10(8-15)7-12(11)13/h3-7,9,15H,8H2,1-2H3. The minimum absolute atomic E-state index is 0.0857. The van der Waals surface area contributed by atoms with Gasteiger partial charge in [0.25, 0.3) is 0 Å². The van der Waals surface area contributed by atoms with Gasteiger partial charge in [-0.2, -0.15) is 0 Å². The highest BCUT2D eigenvalue weighted by atomic mass is 16.3. The summed E-state index contributed by atoms with van der Waals surface area (Å²) in [6, 6.07) is 7.96. The van der Waals surface area contributed by atoms with Crippen molar-refractivity contribution in [2.24, 2.45) is 0 Å². The summed E-state index contributed by atoms with van der Waals surface area (Å²) in [5.74, 6) is 0.476. The van der Waals surface area contributed by atoms with Gasteiger partial charge in [-0.25, -0.2) is 0 Å². The average Bonchev–Trinajstić information content (AvgIpc) is 2.27. The van der Waals surface area contributed by atoms with E-state index in [0.717, 1.165) is 16.5 Å². The molecule has 1 aromatic carbocycles. The quantitative estimate of drug-likeness (QED) is 0.810. The molecule has 2 rings (SSSR count). The number of rotatable bonds is 2. The van der Waals surface area contributed by atoms with Gasteiger partial charge in [-0.3, -0.25) is 4.98 Å². The van der Waals surface area contributed by atoms with Crippen LogP contribution < -0.4 is 0 Å². The smallest absolute Gasteiger partial charge is 0.0705 e. The molecule has 0 aliphatic rings. The van der Waals surface area contributed by atoms with Crippen LogP contribution in [0.1, 0.15) is 30.9 Å². The topological polar surface area (TPSA) is 33.1 Å². The van der Waals surface area contributed by atoms with E-state index in [0.29, 0.717) is 5.92 Å². The summed E-state index contributed by atoms with van der Waals surface area (Å²) >= 11 is 0. The molecule has 0 aliphatic carbocycles. The maximum absolute atomic E-state index is 9.11. The number of hydrogen-bond donors (Lipinski definition) is 1. The normalized spacial score (nSPS) is 11.2. The highest BCUT2D eigenvalue weighted by molar-refractivity contribution is 5.83. The molecule has 0 atom stereocenters. The second kappa shape index (κ2) is 3.99. The van der Waals surface area contributed by atoms with E-state index in [9.17, 15) is 0 Å². The molecule has 1 aromatic heterocycles. The first-order valence-electron chi connectivity index (χ1n) is 5.21. The van der Waals surface area contributed by atoms with E-state index in [1.165, 1.54) is 5.56 Å². The first-order chi connectivity index (χ1) is 7.22. The molecule has 1 heterocycles.